The standard InChI is InChI=1S/C25H27FN2O3/c1-16-12-17(2)14-27(13-16)23-22(18-8-10-20(26)11-9-18)24(29)28(25(23)30)15-19-6-4-5-7-21(19)31-3/h4-11,16-17H,12-15H2,1-3H3. The number of likely N-dealkylation sites (tertiary alicyclic amines) is 1. The van der Waals surface area contributed by atoms with Crippen LogP contribution in [-0.4, -0.2) is 41.8 Å². The topological polar surface area (TPSA) is 49.9 Å². The summed E-state index contributed by atoms with van der Waals surface area (Å²) in [6.07, 6.45) is 1.09. The van der Waals surface area contributed by atoms with Crippen molar-refractivity contribution < 1.29 is 18.7 Å². The summed E-state index contributed by atoms with van der Waals surface area (Å²) in [5.74, 6) is 0.405. The summed E-state index contributed by atoms with van der Waals surface area (Å²) in [7, 11) is 1.57. The second-order valence-electron chi connectivity index (χ2n) is 8.59. The van der Waals surface area contributed by atoms with Crippen LogP contribution in [0.3, 0.4) is 0 Å². The number of imide groups is 1. The average Bonchev–Trinajstić information content (AvgIpc) is 2.99. The molecule has 162 valence electrons. The molecule has 2 amide bonds. The third kappa shape index (κ3) is 4.07. The van der Waals surface area contributed by atoms with E-state index in [-0.39, 0.29) is 24.2 Å². The maximum Gasteiger partial charge on any atom is 0.278 e. The van der Waals surface area contributed by atoms with E-state index in [0.717, 1.165) is 12.0 Å². The zero-order chi connectivity index (χ0) is 22.1. The van der Waals surface area contributed by atoms with Crippen molar-refractivity contribution in [3.05, 3.63) is 71.2 Å². The third-order valence-corrected chi connectivity index (χ3v) is 5.98. The molecule has 0 radical (unpaired) electrons. The number of rotatable bonds is 5. The molecule has 0 bridgehead atoms. The average molecular weight is 423 g/mol. The summed E-state index contributed by atoms with van der Waals surface area (Å²) in [4.78, 5) is 30.4. The lowest BCUT2D eigenvalue weighted by molar-refractivity contribution is -0.138. The second kappa shape index (κ2) is 8.53. The molecule has 2 unspecified atom stereocenters. The Morgan fingerprint density at radius 1 is 0.968 bits per heavy atom. The Bertz CT molecular complexity index is 1020. The number of benzene rings is 2. The van der Waals surface area contributed by atoms with Crippen LogP contribution in [0.25, 0.3) is 5.57 Å². The molecule has 2 aliphatic heterocycles. The molecule has 2 aliphatic rings. The number of methoxy groups -OCH3 is 1. The van der Waals surface area contributed by atoms with Crippen molar-refractivity contribution in [3.8, 4) is 5.75 Å². The molecule has 1 fully saturated rings. The SMILES string of the molecule is COc1ccccc1CN1C(=O)C(c2ccc(F)cc2)=C(N2CC(C)CC(C)C2)C1=O. The molecule has 0 saturated carbocycles. The van der Waals surface area contributed by atoms with E-state index in [4.69, 9.17) is 4.74 Å². The van der Waals surface area contributed by atoms with E-state index in [0.29, 0.717) is 47.5 Å². The molecule has 0 N–H and O–H groups in total. The van der Waals surface area contributed by atoms with Crippen LogP contribution in [0, 0.1) is 17.7 Å². The fourth-order valence-corrected chi connectivity index (χ4v) is 4.73. The molecule has 4 rings (SSSR count). The Labute approximate surface area is 182 Å². The van der Waals surface area contributed by atoms with Gasteiger partial charge in [0.05, 0.1) is 19.2 Å². The van der Waals surface area contributed by atoms with E-state index in [1.54, 1.807) is 19.2 Å². The molecular formula is C25H27FN2O3. The van der Waals surface area contributed by atoms with Crippen molar-refractivity contribution in [1.82, 2.24) is 9.80 Å². The van der Waals surface area contributed by atoms with E-state index in [9.17, 15) is 14.0 Å². The minimum Gasteiger partial charge on any atom is -0.496 e. The minimum absolute atomic E-state index is 0.120. The van der Waals surface area contributed by atoms with Crippen LogP contribution < -0.4 is 4.74 Å². The van der Waals surface area contributed by atoms with Crippen molar-refractivity contribution >= 4 is 17.4 Å². The molecule has 0 spiro atoms. The maximum absolute atomic E-state index is 13.6. The third-order valence-electron chi connectivity index (χ3n) is 5.98. The molecule has 0 aromatic heterocycles. The zero-order valence-electron chi connectivity index (χ0n) is 18.1. The van der Waals surface area contributed by atoms with Crippen molar-refractivity contribution in [1.29, 1.82) is 0 Å². The lowest BCUT2D eigenvalue weighted by Gasteiger charge is -2.37. The number of carbonyl (C=O) groups is 2. The molecule has 2 aromatic rings. The minimum atomic E-state index is -0.381. The van der Waals surface area contributed by atoms with Gasteiger partial charge in [-0.2, -0.15) is 0 Å². The number of hydrogen-bond donors (Lipinski definition) is 0. The summed E-state index contributed by atoms with van der Waals surface area (Å²) >= 11 is 0. The van der Waals surface area contributed by atoms with Gasteiger partial charge >= 0.3 is 0 Å². The number of para-hydroxylation sites is 1. The van der Waals surface area contributed by atoms with Gasteiger partial charge in [-0.1, -0.05) is 44.2 Å². The Kier molecular flexibility index (Phi) is 5.81. The fourth-order valence-electron chi connectivity index (χ4n) is 4.73. The van der Waals surface area contributed by atoms with Crippen LogP contribution in [0.4, 0.5) is 4.39 Å². The predicted molar refractivity (Wildman–Crippen MR) is 116 cm³/mol. The highest BCUT2D eigenvalue weighted by atomic mass is 19.1. The zero-order valence-corrected chi connectivity index (χ0v) is 18.1. The highest BCUT2D eigenvalue weighted by Crippen LogP contribution is 2.36. The monoisotopic (exact) mass is 422 g/mol. The van der Waals surface area contributed by atoms with Gasteiger partial charge in [0.2, 0.25) is 0 Å². The van der Waals surface area contributed by atoms with E-state index >= 15 is 0 Å². The Morgan fingerprint density at radius 2 is 1.61 bits per heavy atom. The molecule has 1 saturated heterocycles. The van der Waals surface area contributed by atoms with Gasteiger partial charge in [0.25, 0.3) is 11.8 Å². The van der Waals surface area contributed by atoms with Crippen LogP contribution >= 0.6 is 0 Å². The lowest BCUT2D eigenvalue weighted by Crippen LogP contribution is -2.41. The molecular weight excluding hydrogens is 395 g/mol. The molecule has 0 aliphatic carbocycles. The van der Waals surface area contributed by atoms with Gasteiger partial charge in [-0.05, 0) is 42.0 Å². The molecule has 2 aromatic carbocycles. The van der Waals surface area contributed by atoms with E-state index in [1.165, 1.54) is 17.0 Å². The van der Waals surface area contributed by atoms with Gasteiger partial charge in [-0.3, -0.25) is 14.5 Å². The largest absolute Gasteiger partial charge is 0.496 e. The first kappa shape index (κ1) is 21.1. The number of hydrogen-bond acceptors (Lipinski definition) is 4. The second-order valence-corrected chi connectivity index (χ2v) is 8.59. The first-order valence-corrected chi connectivity index (χ1v) is 10.6. The van der Waals surface area contributed by atoms with Crippen LogP contribution in [0.1, 0.15) is 31.4 Å². The summed E-state index contributed by atoms with van der Waals surface area (Å²) < 4.78 is 19.0. The lowest BCUT2D eigenvalue weighted by atomic mass is 9.91. The van der Waals surface area contributed by atoms with Crippen LogP contribution in [0.15, 0.2) is 54.2 Å². The normalized spacial score (nSPS) is 21.8. The van der Waals surface area contributed by atoms with Gasteiger partial charge in [0.15, 0.2) is 0 Å². The molecule has 2 heterocycles. The maximum atomic E-state index is 13.6. The summed E-state index contributed by atoms with van der Waals surface area (Å²) in [6, 6.07) is 13.1. The Balaban J connectivity index is 1.76. The van der Waals surface area contributed by atoms with Crippen molar-refractivity contribution in [3.63, 3.8) is 0 Å². The first-order chi connectivity index (χ1) is 14.9. The summed E-state index contributed by atoms with van der Waals surface area (Å²) in [5.41, 5.74) is 2.08. The first-order valence-electron chi connectivity index (χ1n) is 10.6. The van der Waals surface area contributed by atoms with Crippen molar-refractivity contribution in [2.45, 2.75) is 26.8 Å². The number of halogens is 1. The van der Waals surface area contributed by atoms with Crippen molar-refractivity contribution in [2.24, 2.45) is 11.8 Å². The number of amides is 2. The summed E-state index contributed by atoms with van der Waals surface area (Å²) in [5, 5.41) is 0. The van der Waals surface area contributed by atoms with E-state index in [2.05, 4.69) is 13.8 Å². The van der Waals surface area contributed by atoms with Gasteiger partial charge in [0, 0.05) is 18.7 Å². The quantitative estimate of drug-likeness (QED) is 0.681. The summed E-state index contributed by atoms with van der Waals surface area (Å²) in [6.45, 7) is 5.87. The number of carbonyl (C=O) groups excluding carboxylic acids is 2. The number of nitrogens with zero attached hydrogens (tertiary/aromatic N) is 2. The van der Waals surface area contributed by atoms with Crippen molar-refractivity contribution in [2.75, 3.05) is 20.2 Å². The Hall–Kier alpha value is -3.15. The van der Waals surface area contributed by atoms with E-state index < -0.39 is 0 Å². The highest BCUT2D eigenvalue weighted by molar-refractivity contribution is 6.35. The molecule has 31 heavy (non-hydrogen) atoms. The van der Waals surface area contributed by atoms with E-state index in [1.807, 2.05) is 29.2 Å². The number of piperidine rings is 1. The van der Waals surface area contributed by atoms with Gasteiger partial charge in [-0.15, -0.1) is 0 Å². The highest BCUT2D eigenvalue weighted by Gasteiger charge is 2.43. The molecule has 2 atom stereocenters. The van der Waals surface area contributed by atoms with Gasteiger partial charge in [-0.25, -0.2) is 4.39 Å². The van der Waals surface area contributed by atoms with Crippen LogP contribution in [0.2, 0.25) is 0 Å². The number of ether oxygens (including phenoxy) is 1. The molecule has 5 nitrogen and oxygen atoms in total. The molecule has 6 heteroatoms. The van der Waals surface area contributed by atoms with Crippen LogP contribution in [0.5, 0.6) is 5.75 Å². The smallest absolute Gasteiger partial charge is 0.278 e. The fraction of sp³-hybridized carbons (Fsp3) is 0.360. The van der Waals surface area contributed by atoms with Gasteiger partial charge in [0.1, 0.15) is 17.3 Å². The Morgan fingerprint density at radius 3 is 2.26 bits per heavy atom. The predicted octanol–water partition coefficient (Wildman–Crippen LogP) is 4.09. The van der Waals surface area contributed by atoms with Gasteiger partial charge < -0.3 is 9.64 Å². The van der Waals surface area contributed by atoms with Crippen LogP contribution in [-0.2, 0) is 16.1 Å².